The van der Waals surface area contributed by atoms with Crippen LogP contribution >= 0.6 is 21.6 Å². The second-order valence-electron chi connectivity index (χ2n) is 3.55. The summed E-state index contributed by atoms with van der Waals surface area (Å²) in [6.07, 6.45) is 2.60. The van der Waals surface area contributed by atoms with Gasteiger partial charge in [-0.05, 0) is 29.3 Å². The van der Waals surface area contributed by atoms with Gasteiger partial charge < -0.3 is 4.74 Å². The maximum Gasteiger partial charge on any atom is 0.308 e. The standard InChI is InChI=1S/C12H17NO2S2/c1-3-10(2)12(14)15-8-9-16-17-11-6-4-5-7-13-11/h4-7,10H,3,8-9H2,1-2H3. The van der Waals surface area contributed by atoms with E-state index in [1.54, 1.807) is 27.8 Å². The molecule has 0 aliphatic rings. The Morgan fingerprint density at radius 1 is 1.53 bits per heavy atom. The summed E-state index contributed by atoms with van der Waals surface area (Å²) >= 11 is 0. The Labute approximate surface area is 110 Å². The molecule has 1 rings (SSSR count). The third-order valence-electron chi connectivity index (χ3n) is 2.21. The molecule has 1 atom stereocenters. The lowest BCUT2D eigenvalue weighted by atomic mass is 10.1. The minimum absolute atomic E-state index is 0.00319. The molecule has 0 aliphatic heterocycles. The van der Waals surface area contributed by atoms with Crippen molar-refractivity contribution in [1.82, 2.24) is 4.98 Å². The van der Waals surface area contributed by atoms with E-state index in [2.05, 4.69) is 4.98 Å². The normalized spacial score (nSPS) is 12.1. The van der Waals surface area contributed by atoms with Gasteiger partial charge in [0.2, 0.25) is 0 Å². The molecule has 0 aliphatic carbocycles. The summed E-state index contributed by atoms with van der Waals surface area (Å²) in [5.74, 6) is 0.683. The second-order valence-corrected chi connectivity index (χ2v) is 5.99. The highest BCUT2D eigenvalue weighted by molar-refractivity contribution is 8.76. The molecule has 0 fully saturated rings. The first-order valence-electron chi connectivity index (χ1n) is 5.61. The van der Waals surface area contributed by atoms with Crippen LogP contribution in [0.2, 0.25) is 0 Å². The predicted octanol–water partition coefficient (Wildman–Crippen LogP) is 3.41. The summed E-state index contributed by atoms with van der Waals surface area (Å²) in [7, 11) is 3.25. The third-order valence-corrected chi connectivity index (χ3v) is 4.44. The summed E-state index contributed by atoms with van der Waals surface area (Å²) in [6.45, 7) is 4.34. The van der Waals surface area contributed by atoms with Crippen molar-refractivity contribution >= 4 is 27.6 Å². The van der Waals surface area contributed by atoms with E-state index in [-0.39, 0.29) is 11.9 Å². The molecule has 0 amide bonds. The Morgan fingerprint density at radius 2 is 2.35 bits per heavy atom. The molecule has 94 valence electrons. The molecule has 0 aromatic carbocycles. The molecule has 1 aromatic heterocycles. The molecule has 0 N–H and O–H groups in total. The molecular formula is C12H17NO2S2. The molecule has 3 nitrogen and oxygen atoms in total. The molecule has 0 radical (unpaired) electrons. The van der Waals surface area contributed by atoms with Gasteiger partial charge in [-0.1, -0.05) is 30.7 Å². The largest absolute Gasteiger partial charge is 0.465 e. The van der Waals surface area contributed by atoms with Crippen LogP contribution < -0.4 is 0 Å². The maximum absolute atomic E-state index is 11.4. The Morgan fingerprint density at radius 3 is 3.00 bits per heavy atom. The lowest BCUT2D eigenvalue weighted by molar-refractivity contribution is -0.147. The number of pyridine rings is 1. The fraction of sp³-hybridized carbons (Fsp3) is 0.500. The molecule has 17 heavy (non-hydrogen) atoms. The van der Waals surface area contributed by atoms with E-state index in [0.717, 1.165) is 17.2 Å². The van der Waals surface area contributed by atoms with Gasteiger partial charge in [-0.3, -0.25) is 4.79 Å². The van der Waals surface area contributed by atoms with Crippen LogP contribution in [-0.4, -0.2) is 23.3 Å². The molecule has 0 spiro atoms. The average molecular weight is 271 g/mol. The van der Waals surface area contributed by atoms with Gasteiger partial charge in [0, 0.05) is 11.9 Å². The van der Waals surface area contributed by atoms with Crippen LogP contribution in [0.15, 0.2) is 29.4 Å². The molecule has 5 heteroatoms. The topological polar surface area (TPSA) is 39.2 Å². The molecule has 0 saturated carbocycles. The lowest BCUT2D eigenvalue weighted by Gasteiger charge is -2.08. The number of carbonyl (C=O) groups excluding carboxylic acids is 1. The Kier molecular flexibility index (Phi) is 7.12. The fourth-order valence-corrected chi connectivity index (χ4v) is 2.69. The number of hydrogen-bond donors (Lipinski definition) is 0. The molecular weight excluding hydrogens is 254 g/mol. The van der Waals surface area contributed by atoms with Crippen LogP contribution in [0.5, 0.6) is 0 Å². The molecule has 1 heterocycles. The van der Waals surface area contributed by atoms with Gasteiger partial charge in [0.15, 0.2) is 0 Å². The SMILES string of the molecule is CCC(C)C(=O)OCCSSc1ccccn1. The highest BCUT2D eigenvalue weighted by atomic mass is 33.1. The number of hydrogen-bond acceptors (Lipinski definition) is 5. The molecule has 0 saturated heterocycles. The first-order chi connectivity index (χ1) is 8.24. The zero-order valence-corrected chi connectivity index (χ0v) is 11.7. The van der Waals surface area contributed by atoms with Gasteiger partial charge in [0.25, 0.3) is 0 Å². The van der Waals surface area contributed by atoms with E-state index in [1.807, 2.05) is 32.0 Å². The number of ether oxygens (including phenoxy) is 1. The van der Waals surface area contributed by atoms with E-state index in [9.17, 15) is 4.79 Å². The average Bonchev–Trinajstić information content (AvgIpc) is 2.38. The van der Waals surface area contributed by atoms with Crippen LogP contribution in [0.4, 0.5) is 0 Å². The maximum atomic E-state index is 11.4. The summed E-state index contributed by atoms with van der Waals surface area (Å²) in [5.41, 5.74) is 0. The predicted molar refractivity (Wildman–Crippen MR) is 73.0 cm³/mol. The van der Waals surface area contributed by atoms with Crippen molar-refractivity contribution < 1.29 is 9.53 Å². The molecule has 0 bridgehead atoms. The van der Waals surface area contributed by atoms with E-state index >= 15 is 0 Å². The van der Waals surface area contributed by atoms with Crippen molar-refractivity contribution in [2.24, 2.45) is 5.92 Å². The van der Waals surface area contributed by atoms with Gasteiger partial charge in [-0.2, -0.15) is 0 Å². The van der Waals surface area contributed by atoms with Crippen molar-refractivity contribution in [2.45, 2.75) is 25.3 Å². The second kappa shape index (κ2) is 8.42. The Balaban J connectivity index is 2.07. The van der Waals surface area contributed by atoms with E-state index in [0.29, 0.717) is 6.61 Å². The van der Waals surface area contributed by atoms with Gasteiger partial charge in [-0.25, -0.2) is 4.98 Å². The van der Waals surface area contributed by atoms with Crippen LogP contribution in [0.1, 0.15) is 20.3 Å². The Hall–Kier alpha value is -0.680. The van der Waals surface area contributed by atoms with Crippen molar-refractivity contribution in [2.75, 3.05) is 12.4 Å². The van der Waals surface area contributed by atoms with E-state index in [4.69, 9.17) is 4.74 Å². The quantitative estimate of drug-likeness (QED) is 0.432. The summed E-state index contributed by atoms with van der Waals surface area (Å²) in [6, 6.07) is 5.81. The third kappa shape index (κ3) is 5.98. The highest BCUT2D eigenvalue weighted by Crippen LogP contribution is 2.28. The molecule has 1 aromatic rings. The first kappa shape index (κ1) is 14.4. The van der Waals surface area contributed by atoms with Crippen molar-refractivity contribution in [3.8, 4) is 0 Å². The van der Waals surface area contributed by atoms with Crippen LogP contribution in [0.3, 0.4) is 0 Å². The van der Waals surface area contributed by atoms with Crippen molar-refractivity contribution in [1.29, 1.82) is 0 Å². The van der Waals surface area contributed by atoms with Crippen molar-refractivity contribution in [3.05, 3.63) is 24.4 Å². The monoisotopic (exact) mass is 271 g/mol. The minimum atomic E-state index is -0.101. The number of rotatable bonds is 7. The number of esters is 1. The first-order valence-corrected chi connectivity index (χ1v) is 7.93. The zero-order valence-electron chi connectivity index (χ0n) is 10.1. The summed E-state index contributed by atoms with van der Waals surface area (Å²) in [4.78, 5) is 15.5. The fourth-order valence-electron chi connectivity index (χ4n) is 0.984. The van der Waals surface area contributed by atoms with E-state index < -0.39 is 0 Å². The van der Waals surface area contributed by atoms with Crippen LogP contribution in [0, 0.1) is 5.92 Å². The smallest absolute Gasteiger partial charge is 0.308 e. The number of carbonyl (C=O) groups is 1. The Bertz CT molecular complexity index is 333. The minimum Gasteiger partial charge on any atom is -0.465 e. The van der Waals surface area contributed by atoms with E-state index in [1.165, 1.54) is 0 Å². The summed E-state index contributed by atoms with van der Waals surface area (Å²) < 4.78 is 5.14. The lowest BCUT2D eigenvalue weighted by Crippen LogP contribution is -2.15. The molecule has 1 unspecified atom stereocenters. The number of aromatic nitrogens is 1. The van der Waals surface area contributed by atoms with Gasteiger partial charge in [0.1, 0.15) is 11.6 Å². The van der Waals surface area contributed by atoms with Crippen molar-refractivity contribution in [3.63, 3.8) is 0 Å². The van der Waals surface area contributed by atoms with Gasteiger partial charge in [-0.15, -0.1) is 0 Å². The summed E-state index contributed by atoms with van der Waals surface area (Å²) in [5, 5.41) is 0.978. The van der Waals surface area contributed by atoms with Crippen LogP contribution in [0.25, 0.3) is 0 Å². The highest BCUT2D eigenvalue weighted by Gasteiger charge is 2.11. The van der Waals surface area contributed by atoms with Gasteiger partial charge >= 0.3 is 5.97 Å². The van der Waals surface area contributed by atoms with Crippen LogP contribution in [-0.2, 0) is 9.53 Å². The number of nitrogens with zero attached hydrogens (tertiary/aromatic N) is 1. The zero-order chi connectivity index (χ0) is 12.5. The van der Waals surface area contributed by atoms with Gasteiger partial charge in [0.05, 0.1) is 5.92 Å².